The summed E-state index contributed by atoms with van der Waals surface area (Å²) >= 11 is 0. The average molecular weight is 321 g/mol. The van der Waals surface area contributed by atoms with Crippen molar-refractivity contribution in [3.63, 3.8) is 0 Å². The van der Waals surface area contributed by atoms with Gasteiger partial charge < -0.3 is 11.1 Å². The molecule has 1 unspecified atom stereocenters. The molecule has 0 spiro atoms. The second-order valence-corrected chi connectivity index (χ2v) is 5.79. The Kier molecular flexibility index (Phi) is 7.82. The summed E-state index contributed by atoms with van der Waals surface area (Å²) in [4.78, 5) is 12.0. The molecule has 0 aliphatic carbocycles. The first-order valence-corrected chi connectivity index (χ1v) is 6.71. The molecule has 1 amide bonds. The Labute approximate surface area is 130 Å². The van der Waals surface area contributed by atoms with E-state index in [1.807, 2.05) is 20.8 Å². The van der Waals surface area contributed by atoms with Crippen LogP contribution in [0.3, 0.4) is 0 Å². The lowest BCUT2D eigenvalue weighted by atomic mass is 9.90. The van der Waals surface area contributed by atoms with E-state index in [1.54, 1.807) is 0 Å². The third kappa shape index (κ3) is 5.98. The number of hydrogen-bond acceptors (Lipinski definition) is 2. The van der Waals surface area contributed by atoms with Crippen LogP contribution in [-0.4, -0.2) is 18.0 Å². The van der Waals surface area contributed by atoms with E-state index in [4.69, 9.17) is 5.73 Å². The topological polar surface area (TPSA) is 55.1 Å². The van der Waals surface area contributed by atoms with E-state index in [0.29, 0.717) is 12.3 Å². The summed E-state index contributed by atoms with van der Waals surface area (Å²) in [7, 11) is 0. The van der Waals surface area contributed by atoms with Crippen LogP contribution in [0.25, 0.3) is 0 Å². The highest BCUT2D eigenvalue weighted by atomic mass is 35.5. The van der Waals surface area contributed by atoms with Crippen LogP contribution in [0.15, 0.2) is 18.2 Å². The van der Waals surface area contributed by atoms with Gasteiger partial charge in [0.15, 0.2) is 0 Å². The fraction of sp³-hybridized carbons (Fsp3) is 0.533. The van der Waals surface area contributed by atoms with Gasteiger partial charge in [0, 0.05) is 17.6 Å². The van der Waals surface area contributed by atoms with Crippen molar-refractivity contribution in [1.82, 2.24) is 5.32 Å². The van der Waals surface area contributed by atoms with Gasteiger partial charge in [-0.05, 0) is 31.4 Å². The first kappa shape index (κ1) is 19.8. The molecule has 3 nitrogen and oxygen atoms in total. The number of carbonyl (C=O) groups is 1. The van der Waals surface area contributed by atoms with Crippen molar-refractivity contribution in [2.45, 2.75) is 39.2 Å². The molecule has 0 saturated heterocycles. The summed E-state index contributed by atoms with van der Waals surface area (Å²) in [5, 5.41) is 2.78. The molecule has 1 aromatic rings. The molecule has 120 valence electrons. The lowest BCUT2D eigenvalue weighted by Gasteiger charge is -2.31. The van der Waals surface area contributed by atoms with Crippen molar-refractivity contribution in [2.24, 2.45) is 11.7 Å². The highest BCUT2D eigenvalue weighted by molar-refractivity contribution is 5.85. The van der Waals surface area contributed by atoms with Crippen molar-refractivity contribution in [3.05, 3.63) is 35.4 Å². The molecule has 0 aliphatic rings. The molecule has 0 aromatic heterocycles. The predicted octanol–water partition coefficient (Wildman–Crippen LogP) is 2.81. The third-order valence-electron chi connectivity index (χ3n) is 3.15. The minimum Gasteiger partial charge on any atom is -0.349 e. The SMILES string of the molecule is CC(C)CC(C)(CN)NC(=O)Cc1c(F)cccc1F.Cl. The molecule has 1 atom stereocenters. The Bertz CT molecular complexity index is 462. The van der Waals surface area contributed by atoms with Gasteiger partial charge in [0.1, 0.15) is 11.6 Å². The number of rotatable bonds is 6. The van der Waals surface area contributed by atoms with E-state index in [0.717, 1.165) is 12.1 Å². The van der Waals surface area contributed by atoms with Crippen LogP contribution in [0.1, 0.15) is 32.8 Å². The molecular formula is C15H23ClF2N2O. The smallest absolute Gasteiger partial charge is 0.225 e. The molecular weight excluding hydrogens is 298 g/mol. The number of amides is 1. The summed E-state index contributed by atoms with van der Waals surface area (Å²) in [5.41, 5.74) is 4.92. The van der Waals surface area contributed by atoms with Gasteiger partial charge in [-0.3, -0.25) is 4.79 Å². The van der Waals surface area contributed by atoms with E-state index in [-0.39, 0.29) is 30.9 Å². The lowest BCUT2D eigenvalue weighted by molar-refractivity contribution is -0.122. The number of hydrogen-bond donors (Lipinski definition) is 2. The zero-order valence-corrected chi connectivity index (χ0v) is 13.4. The Hall–Kier alpha value is -1.20. The second kappa shape index (κ2) is 8.29. The molecule has 21 heavy (non-hydrogen) atoms. The summed E-state index contributed by atoms with van der Waals surface area (Å²) in [5.74, 6) is -1.49. The summed E-state index contributed by atoms with van der Waals surface area (Å²) < 4.78 is 27.0. The molecule has 0 heterocycles. The number of halogens is 3. The van der Waals surface area contributed by atoms with Gasteiger partial charge in [-0.2, -0.15) is 0 Å². The highest BCUT2D eigenvalue weighted by Crippen LogP contribution is 2.17. The quantitative estimate of drug-likeness (QED) is 0.847. The van der Waals surface area contributed by atoms with E-state index >= 15 is 0 Å². The number of nitrogens with two attached hydrogens (primary N) is 1. The number of nitrogens with one attached hydrogen (secondary N) is 1. The maximum atomic E-state index is 13.5. The maximum Gasteiger partial charge on any atom is 0.225 e. The summed E-state index contributed by atoms with van der Waals surface area (Å²) in [6, 6.07) is 3.55. The third-order valence-corrected chi connectivity index (χ3v) is 3.15. The highest BCUT2D eigenvalue weighted by Gasteiger charge is 2.26. The molecule has 0 bridgehead atoms. The molecule has 0 saturated carbocycles. The molecule has 0 fully saturated rings. The summed E-state index contributed by atoms with van der Waals surface area (Å²) in [6.45, 7) is 6.16. The van der Waals surface area contributed by atoms with Crippen LogP contribution < -0.4 is 11.1 Å². The van der Waals surface area contributed by atoms with Crippen molar-refractivity contribution in [3.8, 4) is 0 Å². The van der Waals surface area contributed by atoms with E-state index in [2.05, 4.69) is 5.32 Å². The van der Waals surface area contributed by atoms with Crippen LogP contribution >= 0.6 is 12.4 Å². The minimum absolute atomic E-state index is 0. The molecule has 3 N–H and O–H groups in total. The summed E-state index contributed by atoms with van der Waals surface area (Å²) in [6.07, 6.45) is 0.376. The number of benzene rings is 1. The van der Waals surface area contributed by atoms with Crippen LogP contribution in [-0.2, 0) is 11.2 Å². The Balaban J connectivity index is 0.00000400. The Morgan fingerprint density at radius 3 is 2.29 bits per heavy atom. The first-order valence-electron chi connectivity index (χ1n) is 6.71. The largest absolute Gasteiger partial charge is 0.349 e. The van der Waals surface area contributed by atoms with Gasteiger partial charge in [0.05, 0.1) is 6.42 Å². The van der Waals surface area contributed by atoms with Crippen molar-refractivity contribution in [1.29, 1.82) is 0 Å². The average Bonchev–Trinajstić information content (AvgIpc) is 2.33. The van der Waals surface area contributed by atoms with Crippen LogP contribution in [0.5, 0.6) is 0 Å². The minimum atomic E-state index is -0.710. The van der Waals surface area contributed by atoms with Gasteiger partial charge in [0.25, 0.3) is 0 Å². The van der Waals surface area contributed by atoms with Gasteiger partial charge in [-0.1, -0.05) is 19.9 Å². The van der Waals surface area contributed by atoms with Crippen LogP contribution in [0.2, 0.25) is 0 Å². The molecule has 1 aromatic carbocycles. The van der Waals surface area contributed by atoms with E-state index in [9.17, 15) is 13.6 Å². The van der Waals surface area contributed by atoms with Gasteiger partial charge in [-0.25, -0.2) is 8.78 Å². The van der Waals surface area contributed by atoms with E-state index in [1.165, 1.54) is 6.07 Å². The first-order chi connectivity index (χ1) is 9.27. The molecule has 1 rings (SSSR count). The van der Waals surface area contributed by atoms with Gasteiger partial charge in [-0.15, -0.1) is 12.4 Å². The van der Waals surface area contributed by atoms with Crippen LogP contribution in [0.4, 0.5) is 8.78 Å². The van der Waals surface area contributed by atoms with Crippen molar-refractivity contribution >= 4 is 18.3 Å². The van der Waals surface area contributed by atoms with E-state index < -0.39 is 23.1 Å². The zero-order valence-electron chi connectivity index (χ0n) is 12.6. The van der Waals surface area contributed by atoms with Gasteiger partial charge >= 0.3 is 0 Å². The molecule has 6 heteroatoms. The molecule has 0 aliphatic heterocycles. The normalized spacial score (nSPS) is 13.5. The Morgan fingerprint density at radius 1 is 1.33 bits per heavy atom. The fourth-order valence-corrected chi connectivity index (χ4v) is 2.33. The zero-order chi connectivity index (χ0) is 15.3. The van der Waals surface area contributed by atoms with Gasteiger partial charge in [0.2, 0.25) is 5.91 Å². The van der Waals surface area contributed by atoms with Crippen molar-refractivity contribution < 1.29 is 13.6 Å². The Morgan fingerprint density at radius 2 is 1.86 bits per heavy atom. The standard InChI is InChI=1S/C15H22F2N2O.ClH/c1-10(2)8-15(3,9-18)19-14(20)7-11-12(16)5-4-6-13(11)17;/h4-6,10H,7-9,18H2,1-3H3,(H,19,20);1H. The van der Waals surface area contributed by atoms with Crippen LogP contribution in [0, 0.1) is 17.6 Å². The fourth-order valence-electron chi connectivity index (χ4n) is 2.33. The number of carbonyl (C=O) groups excluding carboxylic acids is 1. The lowest BCUT2D eigenvalue weighted by Crippen LogP contribution is -2.52. The molecule has 0 radical (unpaired) electrons. The maximum absolute atomic E-state index is 13.5. The monoisotopic (exact) mass is 320 g/mol. The second-order valence-electron chi connectivity index (χ2n) is 5.79. The van der Waals surface area contributed by atoms with Crippen molar-refractivity contribution in [2.75, 3.05) is 6.54 Å². The predicted molar refractivity (Wildman–Crippen MR) is 82.4 cm³/mol.